The first kappa shape index (κ1) is 13.1. The van der Waals surface area contributed by atoms with Gasteiger partial charge in [-0.05, 0) is 19.1 Å². The molecule has 0 saturated carbocycles. The third-order valence-electron chi connectivity index (χ3n) is 2.39. The lowest BCUT2D eigenvalue weighted by Crippen LogP contribution is -2.17. The summed E-state index contributed by atoms with van der Waals surface area (Å²) in [7, 11) is 0. The fourth-order valence-electron chi connectivity index (χ4n) is 1.61. The van der Waals surface area contributed by atoms with Crippen LogP contribution in [-0.2, 0) is 6.18 Å². The number of nitrogens with zero attached hydrogens (tertiary/aromatic N) is 3. The van der Waals surface area contributed by atoms with Crippen LogP contribution in [0.1, 0.15) is 23.0 Å². The first-order valence-corrected chi connectivity index (χ1v) is 5.20. The highest BCUT2D eigenvalue weighted by Crippen LogP contribution is 2.33. The number of pyridine rings is 1. The summed E-state index contributed by atoms with van der Waals surface area (Å²) in [6, 6.07) is 4.21. The number of Topliss-reactive ketones (excluding diaryl/α,β-unsaturated/α-hetero) is 1. The molecule has 2 rings (SSSR count). The second-order valence-corrected chi connectivity index (χ2v) is 3.79. The standard InChI is InChI=1S/C11H9F3N4O/c1-6(19)7-5-16-18(10(7)11(12,13)14)9-4-2-3-8(15)17-9/h2-5H,1H3,(H2,15,17). The molecule has 0 fully saturated rings. The molecular weight excluding hydrogens is 261 g/mol. The summed E-state index contributed by atoms with van der Waals surface area (Å²) < 4.78 is 39.6. The number of hydrogen-bond donors (Lipinski definition) is 1. The maximum absolute atomic E-state index is 13.0. The Kier molecular flexibility index (Phi) is 3.01. The topological polar surface area (TPSA) is 73.8 Å². The Hall–Kier alpha value is -2.38. The first-order valence-electron chi connectivity index (χ1n) is 5.20. The molecule has 0 aromatic carbocycles. The summed E-state index contributed by atoms with van der Waals surface area (Å²) in [5, 5.41) is 3.57. The van der Waals surface area contributed by atoms with Gasteiger partial charge in [-0.15, -0.1) is 0 Å². The first-order chi connectivity index (χ1) is 8.80. The van der Waals surface area contributed by atoms with Crippen molar-refractivity contribution >= 4 is 11.6 Å². The molecule has 0 atom stereocenters. The molecule has 0 unspecified atom stereocenters. The molecule has 0 aliphatic carbocycles. The molecule has 0 amide bonds. The van der Waals surface area contributed by atoms with Crippen molar-refractivity contribution in [1.29, 1.82) is 0 Å². The number of rotatable bonds is 2. The molecule has 5 nitrogen and oxygen atoms in total. The Labute approximate surface area is 105 Å². The third-order valence-corrected chi connectivity index (χ3v) is 2.39. The lowest BCUT2D eigenvalue weighted by atomic mass is 10.2. The molecule has 0 bridgehead atoms. The van der Waals surface area contributed by atoms with Crippen LogP contribution >= 0.6 is 0 Å². The number of nitrogens with two attached hydrogens (primary N) is 1. The van der Waals surface area contributed by atoms with E-state index in [-0.39, 0.29) is 11.6 Å². The minimum atomic E-state index is -4.72. The highest BCUT2D eigenvalue weighted by Gasteiger charge is 2.40. The summed E-state index contributed by atoms with van der Waals surface area (Å²) in [6.45, 7) is 1.05. The van der Waals surface area contributed by atoms with Gasteiger partial charge in [0.05, 0.1) is 11.8 Å². The number of halogens is 3. The zero-order valence-electron chi connectivity index (χ0n) is 9.77. The van der Waals surface area contributed by atoms with E-state index in [9.17, 15) is 18.0 Å². The van der Waals surface area contributed by atoms with Gasteiger partial charge in [0, 0.05) is 0 Å². The number of hydrogen-bond acceptors (Lipinski definition) is 4. The zero-order valence-corrected chi connectivity index (χ0v) is 9.77. The summed E-state index contributed by atoms with van der Waals surface area (Å²) >= 11 is 0. The lowest BCUT2D eigenvalue weighted by molar-refractivity contribution is -0.143. The van der Waals surface area contributed by atoms with Crippen molar-refractivity contribution in [2.24, 2.45) is 0 Å². The number of ketones is 1. The highest BCUT2D eigenvalue weighted by molar-refractivity contribution is 5.95. The van der Waals surface area contributed by atoms with Crippen LogP contribution < -0.4 is 5.73 Å². The van der Waals surface area contributed by atoms with Crippen molar-refractivity contribution < 1.29 is 18.0 Å². The largest absolute Gasteiger partial charge is 0.434 e. The minimum Gasteiger partial charge on any atom is -0.384 e. The maximum atomic E-state index is 13.0. The van der Waals surface area contributed by atoms with E-state index >= 15 is 0 Å². The fourth-order valence-corrected chi connectivity index (χ4v) is 1.61. The lowest BCUT2D eigenvalue weighted by Gasteiger charge is -2.11. The molecule has 0 aliphatic rings. The van der Waals surface area contributed by atoms with Crippen LogP contribution in [0.5, 0.6) is 0 Å². The van der Waals surface area contributed by atoms with Gasteiger partial charge in [-0.3, -0.25) is 4.79 Å². The molecule has 2 aromatic rings. The van der Waals surface area contributed by atoms with Crippen molar-refractivity contribution in [3.8, 4) is 5.82 Å². The van der Waals surface area contributed by atoms with E-state index in [1.165, 1.54) is 18.2 Å². The van der Waals surface area contributed by atoms with Crippen LogP contribution in [0.15, 0.2) is 24.4 Å². The van der Waals surface area contributed by atoms with Crippen LogP contribution in [-0.4, -0.2) is 20.5 Å². The van der Waals surface area contributed by atoms with Gasteiger partial charge >= 0.3 is 6.18 Å². The highest BCUT2D eigenvalue weighted by atomic mass is 19.4. The molecule has 0 aliphatic heterocycles. The molecule has 2 aromatic heterocycles. The van der Waals surface area contributed by atoms with E-state index in [4.69, 9.17) is 5.73 Å². The number of alkyl halides is 3. The SMILES string of the molecule is CC(=O)c1cnn(-c2cccc(N)n2)c1C(F)(F)F. The van der Waals surface area contributed by atoms with E-state index in [2.05, 4.69) is 10.1 Å². The summed E-state index contributed by atoms with van der Waals surface area (Å²) in [5.41, 5.74) is 3.76. The van der Waals surface area contributed by atoms with Gasteiger partial charge in [0.1, 0.15) is 5.82 Å². The number of carbonyl (C=O) groups excluding carboxylic acids is 1. The number of nitrogen functional groups attached to an aromatic ring is 1. The van der Waals surface area contributed by atoms with Crippen molar-refractivity contribution in [3.63, 3.8) is 0 Å². The molecule has 2 heterocycles. The van der Waals surface area contributed by atoms with Crippen LogP contribution in [0.4, 0.5) is 19.0 Å². The van der Waals surface area contributed by atoms with Gasteiger partial charge in [-0.2, -0.15) is 18.3 Å². The molecule has 0 saturated heterocycles. The van der Waals surface area contributed by atoms with Gasteiger partial charge in [-0.25, -0.2) is 9.67 Å². The molecule has 19 heavy (non-hydrogen) atoms. The second kappa shape index (κ2) is 4.38. The molecular formula is C11H9F3N4O. The Morgan fingerprint density at radius 1 is 1.37 bits per heavy atom. The van der Waals surface area contributed by atoms with Crippen LogP contribution in [0.25, 0.3) is 5.82 Å². The maximum Gasteiger partial charge on any atom is 0.434 e. The number of carbonyl (C=O) groups is 1. The van der Waals surface area contributed by atoms with Gasteiger partial charge in [0.2, 0.25) is 0 Å². The van der Waals surface area contributed by atoms with Crippen LogP contribution in [0.3, 0.4) is 0 Å². The van der Waals surface area contributed by atoms with E-state index in [0.717, 1.165) is 13.1 Å². The Balaban J connectivity index is 2.68. The van der Waals surface area contributed by atoms with Gasteiger partial charge in [-0.1, -0.05) is 6.07 Å². The van der Waals surface area contributed by atoms with E-state index < -0.39 is 23.2 Å². The Morgan fingerprint density at radius 3 is 2.58 bits per heavy atom. The molecule has 8 heteroatoms. The van der Waals surface area contributed by atoms with E-state index in [1.807, 2.05) is 0 Å². The quantitative estimate of drug-likeness (QED) is 0.848. The van der Waals surface area contributed by atoms with E-state index in [1.54, 1.807) is 0 Å². The van der Waals surface area contributed by atoms with Crippen molar-refractivity contribution in [2.45, 2.75) is 13.1 Å². The average Bonchev–Trinajstić information content (AvgIpc) is 2.73. The van der Waals surface area contributed by atoms with Crippen LogP contribution in [0, 0.1) is 0 Å². The van der Waals surface area contributed by atoms with Gasteiger partial charge in [0.25, 0.3) is 0 Å². The normalized spacial score (nSPS) is 11.6. The number of aromatic nitrogens is 3. The zero-order chi connectivity index (χ0) is 14.2. The molecule has 0 radical (unpaired) electrons. The summed E-state index contributed by atoms with van der Waals surface area (Å²) in [4.78, 5) is 15.0. The van der Waals surface area contributed by atoms with Crippen LogP contribution in [0.2, 0.25) is 0 Å². The predicted octanol–water partition coefficient (Wildman–Crippen LogP) is 2.07. The minimum absolute atomic E-state index is 0.0606. The van der Waals surface area contributed by atoms with E-state index in [0.29, 0.717) is 4.68 Å². The molecule has 100 valence electrons. The Morgan fingerprint density at radius 2 is 2.05 bits per heavy atom. The monoisotopic (exact) mass is 270 g/mol. The summed E-state index contributed by atoms with van der Waals surface area (Å²) in [5.74, 6) is -0.757. The molecule has 0 spiro atoms. The number of anilines is 1. The third kappa shape index (κ3) is 2.42. The van der Waals surface area contributed by atoms with Crippen molar-refractivity contribution in [2.75, 3.05) is 5.73 Å². The van der Waals surface area contributed by atoms with Crippen molar-refractivity contribution in [1.82, 2.24) is 14.8 Å². The van der Waals surface area contributed by atoms with Gasteiger partial charge < -0.3 is 5.73 Å². The fraction of sp³-hybridized carbons (Fsp3) is 0.182. The summed E-state index contributed by atoms with van der Waals surface area (Å²) in [6.07, 6.45) is -3.85. The second-order valence-electron chi connectivity index (χ2n) is 3.79. The molecule has 2 N–H and O–H groups in total. The predicted molar refractivity (Wildman–Crippen MR) is 60.8 cm³/mol. The Bertz CT molecular complexity index is 633. The smallest absolute Gasteiger partial charge is 0.384 e. The van der Waals surface area contributed by atoms with Crippen molar-refractivity contribution in [3.05, 3.63) is 35.7 Å². The van der Waals surface area contributed by atoms with Gasteiger partial charge in [0.15, 0.2) is 17.3 Å². The average molecular weight is 270 g/mol.